The number of pyridine rings is 1. The van der Waals surface area contributed by atoms with E-state index >= 15 is 0 Å². The van der Waals surface area contributed by atoms with Gasteiger partial charge < -0.3 is 15.5 Å². The molecule has 0 radical (unpaired) electrons. The van der Waals surface area contributed by atoms with Crippen LogP contribution in [0.2, 0.25) is 0 Å². The average Bonchev–Trinajstić information content (AvgIpc) is 2.48. The second kappa shape index (κ2) is 5.37. The Labute approximate surface area is 126 Å². The first kappa shape index (κ1) is 13.9. The summed E-state index contributed by atoms with van der Waals surface area (Å²) >= 11 is 0. The number of hydrogen-bond donors (Lipinski definition) is 2. The zero-order valence-corrected chi connectivity index (χ0v) is 11.8. The van der Waals surface area contributed by atoms with Gasteiger partial charge in [-0.1, -0.05) is 24.3 Å². The second-order valence-corrected chi connectivity index (χ2v) is 4.97. The van der Waals surface area contributed by atoms with Gasteiger partial charge in [0.15, 0.2) is 0 Å². The van der Waals surface area contributed by atoms with Gasteiger partial charge in [0.25, 0.3) is 0 Å². The van der Waals surface area contributed by atoms with Crippen molar-refractivity contribution in [3.8, 4) is 5.75 Å². The molecule has 1 aromatic heterocycles. The molecule has 22 heavy (non-hydrogen) atoms. The van der Waals surface area contributed by atoms with Crippen LogP contribution >= 0.6 is 0 Å². The predicted octanol–water partition coefficient (Wildman–Crippen LogP) is 3.06. The number of carboxylic acid groups (broad SMARTS) is 1. The Hall–Kier alpha value is -3.08. The van der Waals surface area contributed by atoms with Crippen LogP contribution in [0.5, 0.6) is 5.75 Å². The molecule has 2 aromatic carbocycles. The van der Waals surface area contributed by atoms with E-state index in [0.717, 1.165) is 16.8 Å². The van der Waals surface area contributed by atoms with Crippen molar-refractivity contribution in [2.45, 2.75) is 6.92 Å². The number of aryl methyl sites for hydroxylation is 1. The Balaban J connectivity index is 2.15. The summed E-state index contributed by atoms with van der Waals surface area (Å²) in [5.41, 5.74) is 2.83. The highest BCUT2D eigenvalue weighted by Crippen LogP contribution is 2.28. The number of carboxylic acids is 1. The Morgan fingerprint density at radius 1 is 1.18 bits per heavy atom. The first-order chi connectivity index (χ1) is 10.5. The van der Waals surface area contributed by atoms with Crippen LogP contribution in [0, 0.1) is 6.92 Å². The number of anilines is 2. The molecule has 0 unspecified atom stereocenters. The normalized spacial score (nSPS) is 10.6. The number of nitrogens with one attached hydrogen (secondary N) is 1. The van der Waals surface area contributed by atoms with Gasteiger partial charge in [0.2, 0.25) is 0 Å². The monoisotopic (exact) mass is 293 g/mol. The molecular weight excluding hydrogens is 280 g/mol. The highest BCUT2D eigenvalue weighted by molar-refractivity contribution is 6.05. The third-order valence-corrected chi connectivity index (χ3v) is 3.33. The molecular formula is C17H13N2O3-. The van der Waals surface area contributed by atoms with Gasteiger partial charge in [-0.15, -0.1) is 5.75 Å². The quantitative estimate of drug-likeness (QED) is 0.775. The highest BCUT2D eigenvalue weighted by Gasteiger charge is 2.12. The van der Waals surface area contributed by atoms with Crippen LogP contribution in [0.1, 0.15) is 16.1 Å². The molecule has 5 nitrogen and oxygen atoms in total. The average molecular weight is 293 g/mol. The molecule has 0 bridgehead atoms. The summed E-state index contributed by atoms with van der Waals surface area (Å²) in [7, 11) is 0. The fraction of sp³-hybridized carbons (Fsp3) is 0.0588. The maximum Gasteiger partial charge on any atom is 0.337 e. The minimum Gasteiger partial charge on any atom is -0.872 e. The molecule has 3 aromatic rings. The molecule has 0 atom stereocenters. The molecule has 0 amide bonds. The van der Waals surface area contributed by atoms with Crippen LogP contribution in [0.3, 0.4) is 0 Å². The maximum absolute atomic E-state index is 11.3. The zero-order valence-electron chi connectivity index (χ0n) is 11.8. The summed E-state index contributed by atoms with van der Waals surface area (Å²) in [5.74, 6) is -1.07. The minimum absolute atomic E-state index is 0.0607. The van der Waals surface area contributed by atoms with Crippen molar-refractivity contribution >= 4 is 28.2 Å². The number of aromatic carboxylic acids is 1. The number of hydrogen-bond acceptors (Lipinski definition) is 4. The minimum atomic E-state index is -1.01. The van der Waals surface area contributed by atoms with E-state index in [9.17, 15) is 15.0 Å². The van der Waals surface area contributed by atoms with E-state index in [4.69, 9.17) is 0 Å². The van der Waals surface area contributed by atoms with Gasteiger partial charge in [0, 0.05) is 22.5 Å². The molecule has 1 heterocycles. The van der Waals surface area contributed by atoms with Crippen LogP contribution in [-0.4, -0.2) is 16.1 Å². The third-order valence-electron chi connectivity index (χ3n) is 3.33. The van der Waals surface area contributed by atoms with E-state index in [1.165, 1.54) is 18.2 Å². The summed E-state index contributed by atoms with van der Waals surface area (Å²) < 4.78 is 0. The van der Waals surface area contributed by atoms with Crippen LogP contribution < -0.4 is 10.4 Å². The van der Waals surface area contributed by atoms with Crippen LogP contribution in [0.4, 0.5) is 11.4 Å². The fourth-order valence-electron chi connectivity index (χ4n) is 2.35. The summed E-state index contributed by atoms with van der Waals surface area (Å²) in [6.07, 6.45) is 0. The number of carbonyl (C=O) groups is 1. The van der Waals surface area contributed by atoms with Crippen LogP contribution in [0.15, 0.2) is 48.5 Å². The molecule has 0 aliphatic carbocycles. The smallest absolute Gasteiger partial charge is 0.337 e. The van der Waals surface area contributed by atoms with Crippen molar-refractivity contribution < 1.29 is 15.0 Å². The van der Waals surface area contributed by atoms with Gasteiger partial charge in [-0.3, -0.25) is 4.98 Å². The first-order valence-corrected chi connectivity index (χ1v) is 6.72. The zero-order chi connectivity index (χ0) is 15.7. The Morgan fingerprint density at radius 3 is 2.59 bits per heavy atom. The molecule has 110 valence electrons. The van der Waals surface area contributed by atoms with E-state index < -0.39 is 5.97 Å². The summed E-state index contributed by atoms with van der Waals surface area (Å²) in [6.45, 7) is 1.81. The van der Waals surface area contributed by atoms with Gasteiger partial charge in [0.1, 0.15) is 0 Å². The number of aromatic nitrogens is 1. The SMILES string of the molecule is Cc1cc(Nc2ccc([O-])cc2)c2cccc(C(=O)O)c2n1. The Morgan fingerprint density at radius 2 is 1.91 bits per heavy atom. The molecule has 2 N–H and O–H groups in total. The maximum atomic E-state index is 11.3. The molecule has 3 rings (SSSR count). The molecule has 0 spiro atoms. The molecule has 0 aliphatic rings. The molecule has 0 saturated carbocycles. The molecule has 0 fully saturated rings. The Bertz CT molecular complexity index is 858. The predicted molar refractivity (Wildman–Crippen MR) is 82.6 cm³/mol. The van der Waals surface area contributed by atoms with Crippen molar-refractivity contribution in [1.82, 2.24) is 4.98 Å². The first-order valence-electron chi connectivity index (χ1n) is 6.72. The van der Waals surface area contributed by atoms with Crippen LogP contribution in [0.25, 0.3) is 10.9 Å². The fourth-order valence-corrected chi connectivity index (χ4v) is 2.35. The highest BCUT2D eigenvalue weighted by atomic mass is 16.4. The van der Waals surface area contributed by atoms with E-state index in [0.29, 0.717) is 11.2 Å². The number of para-hydroxylation sites is 1. The largest absolute Gasteiger partial charge is 0.872 e. The number of fused-ring (bicyclic) bond motifs is 1. The second-order valence-electron chi connectivity index (χ2n) is 4.97. The van der Waals surface area contributed by atoms with E-state index in [-0.39, 0.29) is 11.3 Å². The Kier molecular flexibility index (Phi) is 3.39. The lowest BCUT2D eigenvalue weighted by Gasteiger charge is -2.13. The molecule has 0 saturated heterocycles. The lowest BCUT2D eigenvalue weighted by Crippen LogP contribution is -2.01. The summed E-state index contributed by atoms with van der Waals surface area (Å²) in [6, 6.07) is 13.2. The van der Waals surface area contributed by atoms with Crippen LogP contribution in [-0.2, 0) is 0 Å². The van der Waals surface area contributed by atoms with Gasteiger partial charge in [-0.2, -0.15) is 0 Å². The van der Waals surface area contributed by atoms with Crippen molar-refractivity contribution in [3.63, 3.8) is 0 Å². The van der Waals surface area contributed by atoms with Gasteiger partial charge in [-0.25, -0.2) is 4.79 Å². The lowest BCUT2D eigenvalue weighted by molar-refractivity contribution is -0.268. The number of rotatable bonds is 3. The topological polar surface area (TPSA) is 85.3 Å². The van der Waals surface area contributed by atoms with E-state index in [1.54, 1.807) is 18.2 Å². The van der Waals surface area contributed by atoms with Gasteiger partial charge in [0.05, 0.1) is 11.1 Å². The van der Waals surface area contributed by atoms with Crippen molar-refractivity contribution in [1.29, 1.82) is 0 Å². The standard InChI is InChI=1S/C17H14N2O3/c1-10-9-15(19-11-5-7-12(20)8-6-11)13-3-2-4-14(17(21)22)16(13)18-10/h2-9,20H,1H3,(H,18,19)(H,21,22)/p-1. The van der Waals surface area contributed by atoms with Crippen molar-refractivity contribution in [2.75, 3.05) is 5.32 Å². The van der Waals surface area contributed by atoms with E-state index in [2.05, 4.69) is 10.3 Å². The van der Waals surface area contributed by atoms with E-state index in [1.807, 2.05) is 19.1 Å². The number of nitrogens with zero attached hydrogens (tertiary/aromatic N) is 1. The summed E-state index contributed by atoms with van der Waals surface area (Å²) in [5, 5.41) is 24.4. The van der Waals surface area contributed by atoms with Gasteiger partial charge in [-0.05, 0) is 31.2 Å². The lowest BCUT2D eigenvalue weighted by atomic mass is 10.1. The van der Waals surface area contributed by atoms with Crippen molar-refractivity contribution in [2.24, 2.45) is 0 Å². The number of benzene rings is 2. The van der Waals surface area contributed by atoms with Crippen molar-refractivity contribution in [3.05, 3.63) is 59.8 Å². The molecule has 5 heteroatoms. The summed E-state index contributed by atoms with van der Waals surface area (Å²) in [4.78, 5) is 15.7. The molecule has 0 aliphatic heterocycles. The third kappa shape index (κ3) is 2.56. The van der Waals surface area contributed by atoms with Gasteiger partial charge >= 0.3 is 5.97 Å².